The SMILES string of the molecule is C[C@@H](COc1ccc2nc(-c3ccc(OCc4ccccc4)c(F)c3)oc2c1)NC(=O)OC(C)(C)C. The smallest absolute Gasteiger partial charge is 0.407 e. The number of amides is 1. The number of alkyl carbamates (subject to hydrolysis) is 1. The summed E-state index contributed by atoms with van der Waals surface area (Å²) in [6, 6.07) is 19.1. The molecule has 188 valence electrons. The number of fused-ring (bicyclic) bond motifs is 1. The molecule has 36 heavy (non-hydrogen) atoms. The van der Waals surface area contributed by atoms with Crippen LogP contribution in [0.1, 0.15) is 33.3 Å². The van der Waals surface area contributed by atoms with E-state index in [9.17, 15) is 9.18 Å². The summed E-state index contributed by atoms with van der Waals surface area (Å²) in [4.78, 5) is 16.3. The first kappa shape index (κ1) is 25.0. The molecule has 1 N–H and O–H groups in total. The molecule has 0 saturated carbocycles. The number of carbonyl (C=O) groups excluding carboxylic acids is 1. The first-order valence-electron chi connectivity index (χ1n) is 11.7. The van der Waals surface area contributed by atoms with Crippen molar-refractivity contribution in [3.63, 3.8) is 0 Å². The molecule has 1 heterocycles. The van der Waals surface area contributed by atoms with E-state index in [0.717, 1.165) is 5.56 Å². The zero-order chi connectivity index (χ0) is 25.7. The summed E-state index contributed by atoms with van der Waals surface area (Å²) in [5, 5.41) is 2.73. The maximum absolute atomic E-state index is 14.7. The van der Waals surface area contributed by atoms with Crippen LogP contribution in [0.15, 0.2) is 71.1 Å². The Bertz CT molecular complexity index is 1330. The van der Waals surface area contributed by atoms with Crippen LogP contribution in [-0.4, -0.2) is 29.3 Å². The number of hydrogen-bond donors (Lipinski definition) is 1. The zero-order valence-electron chi connectivity index (χ0n) is 20.7. The van der Waals surface area contributed by atoms with Crippen molar-refractivity contribution in [1.82, 2.24) is 10.3 Å². The normalized spacial score (nSPS) is 12.2. The van der Waals surface area contributed by atoms with Crippen molar-refractivity contribution >= 4 is 17.2 Å². The molecule has 0 unspecified atom stereocenters. The van der Waals surface area contributed by atoms with Gasteiger partial charge in [0.05, 0.1) is 6.04 Å². The minimum absolute atomic E-state index is 0.156. The van der Waals surface area contributed by atoms with Crippen LogP contribution >= 0.6 is 0 Å². The molecule has 0 aliphatic heterocycles. The quantitative estimate of drug-likeness (QED) is 0.302. The lowest BCUT2D eigenvalue weighted by Crippen LogP contribution is -2.40. The molecule has 7 nitrogen and oxygen atoms in total. The van der Waals surface area contributed by atoms with Gasteiger partial charge in [0.1, 0.15) is 30.1 Å². The molecule has 0 bridgehead atoms. The summed E-state index contributed by atoms with van der Waals surface area (Å²) < 4.78 is 37.2. The second-order valence-corrected chi connectivity index (χ2v) is 9.43. The van der Waals surface area contributed by atoms with E-state index in [1.165, 1.54) is 6.07 Å². The highest BCUT2D eigenvalue weighted by Crippen LogP contribution is 2.30. The fraction of sp³-hybridized carbons (Fsp3) is 0.286. The van der Waals surface area contributed by atoms with Gasteiger partial charge in [0.25, 0.3) is 0 Å². The Morgan fingerprint density at radius 1 is 1.06 bits per heavy atom. The van der Waals surface area contributed by atoms with Crippen molar-refractivity contribution in [3.05, 3.63) is 78.1 Å². The highest BCUT2D eigenvalue weighted by atomic mass is 19.1. The molecule has 1 amide bonds. The van der Waals surface area contributed by atoms with Crippen molar-refractivity contribution in [3.8, 4) is 23.0 Å². The summed E-state index contributed by atoms with van der Waals surface area (Å²) in [5.41, 5.74) is 1.99. The van der Waals surface area contributed by atoms with E-state index in [0.29, 0.717) is 22.4 Å². The van der Waals surface area contributed by atoms with Crippen LogP contribution in [0.3, 0.4) is 0 Å². The average Bonchev–Trinajstić information content (AvgIpc) is 3.25. The Morgan fingerprint density at radius 3 is 2.56 bits per heavy atom. The lowest BCUT2D eigenvalue weighted by Gasteiger charge is -2.22. The number of ether oxygens (including phenoxy) is 3. The Kier molecular flexibility index (Phi) is 7.43. The molecule has 0 fully saturated rings. The van der Waals surface area contributed by atoms with Crippen LogP contribution in [0.5, 0.6) is 11.5 Å². The molecule has 0 aliphatic rings. The fourth-order valence-corrected chi connectivity index (χ4v) is 3.38. The molecule has 4 aromatic rings. The van der Waals surface area contributed by atoms with E-state index < -0.39 is 17.5 Å². The van der Waals surface area contributed by atoms with Crippen LogP contribution in [0, 0.1) is 5.82 Å². The molecule has 0 saturated heterocycles. The third-order valence-electron chi connectivity index (χ3n) is 5.04. The lowest BCUT2D eigenvalue weighted by molar-refractivity contribution is 0.0494. The van der Waals surface area contributed by atoms with Crippen LogP contribution in [0.4, 0.5) is 9.18 Å². The number of oxazole rings is 1. The van der Waals surface area contributed by atoms with E-state index >= 15 is 0 Å². The lowest BCUT2D eigenvalue weighted by atomic mass is 10.2. The summed E-state index contributed by atoms with van der Waals surface area (Å²) in [6.07, 6.45) is -0.502. The number of nitrogens with one attached hydrogen (secondary N) is 1. The fourth-order valence-electron chi connectivity index (χ4n) is 3.38. The van der Waals surface area contributed by atoms with Gasteiger partial charge in [-0.05, 0) is 63.6 Å². The molecular formula is C28H29FN2O5. The first-order valence-corrected chi connectivity index (χ1v) is 11.7. The van der Waals surface area contributed by atoms with Crippen molar-refractivity contribution in [2.24, 2.45) is 0 Å². The van der Waals surface area contributed by atoms with Gasteiger partial charge >= 0.3 is 6.09 Å². The van der Waals surface area contributed by atoms with Gasteiger partial charge in [0, 0.05) is 11.6 Å². The number of rotatable bonds is 8. The van der Waals surface area contributed by atoms with Crippen molar-refractivity contribution in [2.75, 3.05) is 6.61 Å². The topological polar surface area (TPSA) is 82.8 Å². The predicted molar refractivity (Wildman–Crippen MR) is 135 cm³/mol. The van der Waals surface area contributed by atoms with Crippen molar-refractivity contribution < 1.29 is 27.8 Å². The van der Waals surface area contributed by atoms with Crippen LogP contribution in [0.2, 0.25) is 0 Å². The predicted octanol–water partition coefficient (Wildman–Crippen LogP) is 6.50. The van der Waals surface area contributed by atoms with E-state index in [1.807, 2.05) is 37.3 Å². The van der Waals surface area contributed by atoms with Crippen molar-refractivity contribution in [1.29, 1.82) is 0 Å². The van der Waals surface area contributed by atoms with Gasteiger partial charge in [0.2, 0.25) is 5.89 Å². The third-order valence-corrected chi connectivity index (χ3v) is 5.04. The van der Waals surface area contributed by atoms with Crippen molar-refractivity contribution in [2.45, 2.75) is 45.9 Å². The van der Waals surface area contributed by atoms with Gasteiger partial charge in [-0.25, -0.2) is 14.2 Å². The van der Waals surface area contributed by atoms with Gasteiger partial charge < -0.3 is 23.9 Å². The average molecular weight is 493 g/mol. The van der Waals surface area contributed by atoms with Gasteiger partial charge in [-0.15, -0.1) is 0 Å². The second-order valence-electron chi connectivity index (χ2n) is 9.43. The second kappa shape index (κ2) is 10.7. The first-order chi connectivity index (χ1) is 17.2. The Morgan fingerprint density at radius 2 is 1.83 bits per heavy atom. The molecule has 0 aliphatic carbocycles. The molecule has 0 spiro atoms. The van der Waals surface area contributed by atoms with E-state index in [4.69, 9.17) is 18.6 Å². The van der Waals surface area contributed by atoms with E-state index in [1.54, 1.807) is 51.1 Å². The molecule has 8 heteroatoms. The number of hydrogen-bond acceptors (Lipinski definition) is 6. The van der Waals surface area contributed by atoms with E-state index in [-0.39, 0.29) is 30.9 Å². The zero-order valence-corrected chi connectivity index (χ0v) is 20.7. The molecule has 4 rings (SSSR count). The monoisotopic (exact) mass is 492 g/mol. The maximum Gasteiger partial charge on any atom is 0.407 e. The van der Waals surface area contributed by atoms with Crippen LogP contribution in [0.25, 0.3) is 22.6 Å². The molecule has 1 atom stereocenters. The number of nitrogens with zero attached hydrogens (tertiary/aromatic N) is 1. The minimum atomic E-state index is -0.571. The summed E-state index contributed by atoms with van der Waals surface area (Å²) in [5.74, 6) is 0.499. The number of halogens is 1. The standard InChI is InChI=1S/C28H29FN2O5/c1-18(30-27(32)36-28(2,3)4)16-33-21-11-12-23-25(15-21)35-26(31-23)20-10-13-24(22(29)14-20)34-17-19-8-6-5-7-9-19/h5-15,18H,16-17H2,1-4H3,(H,30,32)/t18-/m0/s1. The Hall–Kier alpha value is -4.07. The largest absolute Gasteiger partial charge is 0.491 e. The van der Waals surface area contributed by atoms with Gasteiger partial charge in [-0.3, -0.25) is 0 Å². The minimum Gasteiger partial charge on any atom is -0.491 e. The number of benzene rings is 3. The molecular weight excluding hydrogens is 463 g/mol. The highest BCUT2D eigenvalue weighted by Gasteiger charge is 2.18. The van der Waals surface area contributed by atoms with E-state index in [2.05, 4.69) is 10.3 Å². The highest BCUT2D eigenvalue weighted by molar-refractivity contribution is 5.77. The van der Waals surface area contributed by atoms with Crippen LogP contribution in [-0.2, 0) is 11.3 Å². The number of carbonyl (C=O) groups is 1. The van der Waals surface area contributed by atoms with Gasteiger partial charge in [-0.2, -0.15) is 0 Å². The summed E-state index contributed by atoms with van der Waals surface area (Å²) >= 11 is 0. The molecule has 1 aromatic heterocycles. The molecule has 3 aromatic carbocycles. The Labute approximate surface area is 209 Å². The number of aromatic nitrogens is 1. The summed E-state index contributed by atoms with van der Waals surface area (Å²) in [7, 11) is 0. The third kappa shape index (κ3) is 6.75. The molecule has 0 radical (unpaired) electrons. The maximum atomic E-state index is 14.7. The van der Waals surface area contributed by atoms with Gasteiger partial charge in [0.15, 0.2) is 17.1 Å². The summed E-state index contributed by atoms with van der Waals surface area (Å²) in [6.45, 7) is 7.73. The Balaban J connectivity index is 1.38. The van der Waals surface area contributed by atoms with Gasteiger partial charge in [-0.1, -0.05) is 30.3 Å². The van der Waals surface area contributed by atoms with Crippen LogP contribution < -0.4 is 14.8 Å².